The number of benzene rings is 1. The number of aromatic nitrogens is 2. The van der Waals surface area contributed by atoms with Gasteiger partial charge in [-0.1, -0.05) is 22.0 Å². The summed E-state index contributed by atoms with van der Waals surface area (Å²) in [5.74, 6) is 0.868. The molecule has 0 unspecified atom stereocenters. The lowest BCUT2D eigenvalue weighted by atomic mass is 10.0. The second-order valence-corrected chi connectivity index (χ2v) is 8.42. The monoisotopic (exact) mass is 478 g/mol. The molecule has 5 nitrogen and oxygen atoms in total. The quantitative estimate of drug-likeness (QED) is 0.389. The molecule has 1 fully saturated rings. The number of pyridine rings is 1. The zero-order valence-corrected chi connectivity index (χ0v) is 18.4. The van der Waals surface area contributed by atoms with E-state index in [1.165, 1.54) is 0 Å². The van der Waals surface area contributed by atoms with Gasteiger partial charge >= 0.3 is 0 Å². The Morgan fingerprint density at radius 2 is 1.90 bits per heavy atom. The van der Waals surface area contributed by atoms with Gasteiger partial charge in [0.25, 0.3) is 0 Å². The van der Waals surface area contributed by atoms with Crippen LogP contribution in [0.3, 0.4) is 0 Å². The van der Waals surface area contributed by atoms with Crippen LogP contribution in [-0.2, 0) is 6.54 Å². The van der Waals surface area contributed by atoms with Gasteiger partial charge in [-0.3, -0.25) is 4.98 Å². The van der Waals surface area contributed by atoms with Gasteiger partial charge in [-0.25, -0.2) is 0 Å². The van der Waals surface area contributed by atoms with Crippen LogP contribution in [0.1, 0.15) is 29.2 Å². The first-order chi connectivity index (χ1) is 14.7. The summed E-state index contributed by atoms with van der Waals surface area (Å²) in [7, 11) is 0. The molecule has 4 aromatic rings. The molecule has 30 heavy (non-hydrogen) atoms. The lowest BCUT2D eigenvalue weighted by Gasteiger charge is -2.28. The summed E-state index contributed by atoms with van der Waals surface area (Å²) in [5.41, 5.74) is 3.18. The van der Waals surface area contributed by atoms with Gasteiger partial charge < -0.3 is 19.2 Å². The van der Waals surface area contributed by atoms with E-state index in [-0.39, 0.29) is 12.1 Å². The summed E-state index contributed by atoms with van der Waals surface area (Å²) in [6, 6.07) is 22.2. The Hall–Kier alpha value is -2.90. The first-order valence-electron chi connectivity index (χ1n) is 9.64. The van der Waals surface area contributed by atoms with E-state index >= 15 is 0 Å². The molecule has 150 valence electrons. The molecule has 0 aliphatic carbocycles. The lowest BCUT2D eigenvalue weighted by Crippen LogP contribution is -2.29. The SMILES string of the molecule is S=C1N[C@@H](c2ccccn2)[C@@H](c2cccn2-c2ccc(Br)cc2)N1Cc1ccco1. The molecule has 1 aliphatic heterocycles. The second kappa shape index (κ2) is 8.08. The van der Waals surface area contributed by atoms with Crippen LogP contribution in [0.15, 0.2) is 94.3 Å². The van der Waals surface area contributed by atoms with Crippen molar-refractivity contribution in [2.45, 2.75) is 18.6 Å². The number of nitrogens with one attached hydrogen (secondary N) is 1. The van der Waals surface area contributed by atoms with E-state index in [4.69, 9.17) is 16.6 Å². The summed E-state index contributed by atoms with van der Waals surface area (Å²) in [6.45, 7) is 0.582. The fourth-order valence-electron chi connectivity index (χ4n) is 3.94. The van der Waals surface area contributed by atoms with Crippen molar-refractivity contribution in [3.8, 4) is 5.69 Å². The molecule has 0 amide bonds. The third-order valence-corrected chi connectivity index (χ3v) is 6.17. The Morgan fingerprint density at radius 3 is 2.63 bits per heavy atom. The predicted molar refractivity (Wildman–Crippen MR) is 123 cm³/mol. The maximum atomic E-state index is 5.75. The van der Waals surface area contributed by atoms with Crippen molar-refractivity contribution in [1.29, 1.82) is 0 Å². The number of nitrogens with zero attached hydrogens (tertiary/aromatic N) is 3. The summed E-state index contributed by atoms with van der Waals surface area (Å²) in [5, 5.41) is 4.18. The highest BCUT2D eigenvalue weighted by Gasteiger charge is 2.41. The molecule has 1 aromatic carbocycles. The van der Waals surface area contributed by atoms with Gasteiger partial charge in [0.05, 0.1) is 30.6 Å². The van der Waals surface area contributed by atoms with Crippen molar-refractivity contribution in [3.63, 3.8) is 0 Å². The van der Waals surface area contributed by atoms with E-state index < -0.39 is 0 Å². The maximum absolute atomic E-state index is 5.75. The average Bonchev–Trinajstić information content (AvgIpc) is 3.51. The third kappa shape index (κ3) is 3.55. The minimum absolute atomic E-state index is 0.0452. The Morgan fingerprint density at radius 1 is 1.03 bits per heavy atom. The zero-order valence-electron chi connectivity index (χ0n) is 16.0. The molecule has 5 rings (SSSR count). The normalized spacial score (nSPS) is 18.6. The molecular weight excluding hydrogens is 460 g/mol. The van der Waals surface area contributed by atoms with Crippen LogP contribution in [0.2, 0.25) is 0 Å². The Kier molecular flexibility index (Phi) is 5.14. The number of thiocarbonyl (C=S) groups is 1. The second-order valence-electron chi connectivity index (χ2n) is 7.11. The molecular formula is C23H19BrN4OS. The van der Waals surface area contributed by atoms with Crippen LogP contribution in [-0.4, -0.2) is 19.6 Å². The van der Waals surface area contributed by atoms with Crippen molar-refractivity contribution in [3.05, 3.63) is 107 Å². The third-order valence-electron chi connectivity index (χ3n) is 5.29. The summed E-state index contributed by atoms with van der Waals surface area (Å²) in [4.78, 5) is 6.79. The van der Waals surface area contributed by atoms with Crippen LogP contribution in [0.4, 0.5) is 0 Å². The van der Waals surface area contributed by atoms with Crippen molar-refractivity contribution in [1.82, 2.24) is 19.8 Å². The molecule has 2 atom stereocenters. The molecule has 1 saturated heterocycles. The highest BCUT2D eigenvalue weighted by molar-refractivity contribution is 9.10. The van der Waals surface area contributed by atoms with E-state index in [1.807, 2.05) is 48.7 Å². The van der Waals surface area contributed by atoms with Gasteiger partial charge in [0.15, 0.2) is 5.11 Å². The number of hydrogen-bond donors (Lipinski definition) is 1. The van der Waals surface area contributed by atoms with Crippen molar-refractivity contribution < 1.29 is 4.42 Å². The highest BCUT2D eigenvalue weighted by atomic mass is 79.9. The largest absolute Gasteiger partial charge is 0.467 e. The Balaban J connectivity index is 1.60. The van der Waals surface area contributed by atoms with Crippen LogP contribution < -0.4 is 5.32 Å². The average molecular weight is 479 g/mol. The molecule has 1 aliphatic rings. The Bertz CT molecular complexity index is 1140. The molecule has 7 heteroatoms. The first-order valence-corrected chi connectivity index (χ1v) is 10.8. The highest BCUT2D eigenvalue weighted by Crippen LogP contribution is 2.40. The number of hydrogen-bond acceptors (Lipinski definition) is 3. The van der Waals surface area contributed by atoms with Crippen LogP contribution in [0.25, 0.3) is 5.69 Å². The minimum atomic E-state index is -0.0715. The van der Waals surface area contributed by atoms with Crippen molar-refractivity contribution in [2.75, 3.05) is 0 Å². The van der Waals surface area contributed by atoms with E-state index in [1.54, 1.807) is 6.26 Å². The van der Waals surface area contributed by atoms with Crippen LogP contribution >= 0.6 is 28.1 Å². The van der Waals surface area contributed by atoms with Gasteiger partial charge in [-0.15, -0.1) is 0 Å². The molecule has 1 N–H and O–H groups in total. The van der Waals surface area contributed by atoms with Gasteiger partial charge in [-0.2, -0.15) is 0 Å². The predicted octanol–water partition coefficient (Wildman–Crippen LogP) is 5.40. The Labute approximate surface area is 188 Å². The van der Waals surface area contributed by atoms with Crippen molar-refractivity contribution in [2.24, 2.45) is 0 Å². The van der Waals surface area contributed by atoms with Crippen LogP contribution in [0, 0.1) is 0 Å². The number of rotatable bonds is 5. The molecule has 0 saturated carbocycles. The minimum Gasteiger partial charge on any atom is -0.467 e. The van der Waals surface area contributed by atoms with E-state index in [0.717, 1.165) is 27.3 Å². The molecule has 0 spiro atoms. The molecule has 0 bridgehead atoms. The van der Waals surface area contributed by atoms with Gasteiger partial charge in [0.2, 0.25) is 0 Å². The van der Waals surface area contributed by atoms with Gasteiger partial charge in [-0.05, 0) is 72.9 Å². The summed E-state index contributed by atoms with van der Waals surface area (Å²) >= 11 is 9.27. The number of furan rings is 1. The van der Waals surface area contributed by atoms with Gasteiger partial charge in [0.1, 0.15) is 5.76 Å². The first kappa shape index (κ1) is 19.1. The molecule has 3 aromatic heterocycles. The maximum Gasteiger partial charge on any atom is 0.170 e. The summed E-state index contributed by atoms with van der Waals surface area (Å²) < 4.78 is 8.88. The standard InChI is InChI=1S/C23H19BrN4OS/c24-16-8-10-17(11-9-16)27-13-3-7-20(27)22-21(19-6-1-2-12-25-19)26-23(30)28(22)15-18-5-4-14-29-18/h1-14,21-22H,15H2,(H,26,30)/t21-,22+/m0/s1. The smallest absolute Gasteiger partial charge is 0.170 e. The van der Waals surface area contributed by atoms with E-state index in [2.05, 4.69) is 66.2 Å². The molecule has 0 radical (unpaired) electrons. The zero-order chi connectivity index (χ0) is 20.5. The fourth-order valence-corrected chi connectivity index (χ4v) is 4.51. The summed E-state index contributed by atoms with van der Waals surface area (Å²) in [6.07, 6.45) is 5.60. The van der Waals surface area contributed by atoms with E-state index in [0.29, 0.717) is 11.7 Å². The fraction of sp³-hybridized carbons (Fsp3) is 0.130. The van der Waals surface area contributed by atoms with Crippen LogP contribution in [0.5, 0.6) is 0 Å². The lowest BCUT2D eigenvalue weighted by molar-refractivity contribution is 0.280. The topological polar surface area (TPSA) is 46.2 Å². The van der Waals surface area contributed by atoms with E-state index in [9.17, 15) is 0 Å². The number of halogens is 1. The van der Waals surface area contributed by atoms with Gasteiger partial charge in [0, 0.05) is 28.2 Å². The molecule has 4 heterocycles. The van der Waals surface area contributed by atoms with Crippen molar-refractivity contribution >= 4 is 33.3 Å².